The van der Waals surface area contributed by atoms with Gasteiger partial charge in [-0.3, -0.25) is 10.1 Å². The van der Waals surface area contributed by atoms with Crippen LogP contribution in [-0.4, -0.2) is 29.2 Å². The Labute approximate surface area is 145 Å². The van der Waals surface area contributed by atoms with Gasteiger partial charge in [0.2, 0.25) is 0 Å². The Balaban J connectivity index is 1.73. The lowest BCUT2D eigenvalue weighted by atomic mass is 10.1. The number of nitrogens with one attached hydrogen (secondary N) is 1. The molecular weight excluding hydrogens is 320 g/mol. The lowest BCUT2D eigenvalue weighted by molar-refractivity contribution is -0.384. The Kier molecular flexibility index (Phi) is 4.82. The SMILES string of the molecule is N#Cc1cc([N+](=O)[O-])ccc1Nc1ccc(N2CCC(O)CC2)cc1. The van der Waals surface area contributed by atoms with E-state index in [1.807, 2.05) is 30.3 Å². The van der Waals surface area contributed by atoms with Crippen LogP contribution in [0.1, 0.15) is 18.4 Å². The summed E-state index contributed by atoms with van der Waals surface area (Å²) >= 11 is 0. The highest BCUT2D eigenvalue weighted by Gasteiger charge is 2.17. The van der Waals surface area contributed by atoms with Gasteiger partial charge in [0.25, 0.3) is 5.69 Å². The molecule has 0 aliphatic carbocycles. The van der Waals surface area contributed by atoms with Crippen LogP contribution in [0.25, 0.3) is 0 Å². The smallest absolute Gasteiger partial charge is 0.270 e. The van der Waals surface area contributed by atoms with Crippen molar-refractivity contribution in [2.75, 3.05) is 23.3 Å². The van der Waals surface area contributed by atoms with Crippen LogP contribution in [-0.2, 0) is 0 Å². The van der Waals surface area contributed by atoms with Crippen molar-refractivity contribution in [3.05, 3.63) is 58.1 Å². The number of rotatable bonds is 4. The lowest BCUT2D eigenvalue weighted by Gasteiger charge is -2.31. The summed E-state index contributed by atoms with van der Waals surface area (Å²) in [5.41, 5.74) is 2.53. The molecule has 7 heteroatoms. The number of aliphatic hydroxyl groups is 1. The van der Waals surface area contributed by atoms with Gasteiger partial charge < -0.3 is 15.3 Å². The standard InChI is InChI=1S/C18H18N4O3/c19-12-13-11-16(22(24)25)5-6-18(13)20-14-1-3-15(4-2-14)21-9-7-17(23)8-10-21/h1-6,11,17,20,23H,7-10H2. The minimum atomic E-state index is -0.519. The highest BCUT2D eigenvalue weighted by Crippen LogP contribution is 2.27. The van der Waals surface area contributed by atoms with E-state index in [-0.39, 0.29) is 17.4 Å². The Hall–Kier alpha value is -3.11. The number of hydrogen-bond acceptors (Lipinski definition) is 6. The molecule has 2 aromatic carbocycles. The minimum Gasteiger partial charge on any atom is -0.393 e. The van der Waals surface area contributed by atoms with Gasteiger partial charge in [0, 0.05) is 36.6 Å². The van der Waals surface area contributed by atoms with Crippen LogP contribution >= 0.6 is 0 Å². The van der Waals surface area contributed by atoms with E-state index in [2.05, 4.69) is 10.2 Å². The van der Waals surface area contributed by atoms with Gasteiger partial charge >= 0.3 is 0 Å². The number of benzene rings is 2. The Morgan fingerprint density at radius 2 is 1.88 bits per heavy atom. The van der Waals surface area contributed by atoms with Gasteiger partial charge in [-0.15, -0.1) is 0 Å². The van der Waals surface area contributed by atoms with E-state index in [4.69, 9.17) is 0 Å². The molecule has 2 N–H and O–H groups in total. The van der Waals surface area contributed by atoms with Crippen LogP contribution in [0, 0.1) is 21.4 Å². The highest BCUT2D eigenvalue weighted by molar-refractivity contribution is 5.69. The van der Waals surface area contributed by atoms with Gasteiger partial charge in [-0.05, 0) is 43.2 Å². The molecular formula is C18H18N4O3. The molecule has 1 heterocycles. The summed E-state index contributed by atoms with van der Waals surface area (Å²) in [6.45, 7) is 1.66. The minimum absolute atomic E-state index is 0.107. The molecule has 0 atom stereocenters. The summed E-state index contributed by atoms with van der Waals surface area (Å²) in [4.78, 5) is 12.5. The van der Waals surface area contributed by atoms with E-state index >= 15 is 0 Å². The fourth-order valence-corrected chi connectivity index (χ4v) is 2.88. The number of anilines is 3. The average Bonchev–Trinajstić information content (AvgIpc) is 2.63. The molecule has 2 aromatic rings. The van der Waals surface area contributed by atoms with Crippen molar-refractivity contribution < 1.29 is 10.0 Å². The van der Waals surface area contributed by atoms with Crippen molar-refractivity contribution in [3.63, 3.8) is 0 Å². The third-order valence-corrected chi connectivity index (χ3v) is 4.31. The first-order chi connectivity index (χ1) is 12.1. The summed E-state index contributed by atoms with van der Waals surface area (Å²) in [5.74, 6) is 0. The number of piperidine rings is 1. The van der Waals surface area contributed by atoms with Gasteiger partial charge in [0.1, 0.15) is 6.07 Å². The predicted molar refractivity (Wildman–Crippen MR) is 95.0 cm³/mol. The first-order valence-electron chi connectivity index (χ1n) is 8.05. The summed E-state index contributed by atoms with van der Waals surface area (Å²) in [5, 5.41) is 32.7. The zero-order valence-electron chi connectivity index (χ0n) is 13.6. The number of hydrogen-bond donors (Lipinski definition) is 2. The fourth-order valence-electron chi connectivity index (χ4n) is 2.88. The largest absolute Gasteiger partial charge is 0.393 e. The van der Waals surface area contributed by atoms with Crippen molar-refractivity contribution >= 4 is 22.7 Å². The van der Waals surface area contributed by atoms with Crippen molar-refractivity contribution in [3.8, 4) is 6.07 Å². The third kappa shape index (κ3) is 3.87. The maximum atomic E-state index is 10.8. The number of nitrogens with zero attached hydrogens (tertiary/aromatic N) is 3. The highest BCUT2D eigenvalue weighted by atomic mass is 16.6. The maximum absolute atomic E-state index is 10.8. The zero-order chi connectivity index (χ0) is 17.8. The van der Waals surface area contributed by atoms with E-state index in [0.717, 1.165) is 37.3 Å². The molecule has 0 saturated carbocycles. The average molecular weight is 338 g/mol. The zero-order valence-corrected chi connectivity index (χ0v) is 13.6. The molecule has 128 valence electrons. The van der Waals surface area contributed by atoms with Crippen molar-refractivity contribution in [2.24, 2.45) is 0 Å². The van der Waals surface area contributed by atoms with Crippen LogP contribution in [0.15, 0.2) is 42.5 Å². The topological polar surface area (TPSA) is 102 Å². The molecule has 0 spiro atoms. The molecule has 3 rings (SSSR count). The van der Waals surface area contributed by atoms with E-state index in [9.17, 15) is 20.5 Å². The molecule has 1 aliphatic heterocycles. The van der Waals surface area contributed by atoms with Gasteiger partial charge in [0.05, 0.1) is 22.3 Å². The molecule has 0 unspecified atom stereocenters. The van der Waals surface area contributed by atoms with E-state index in [1.54, 1.807) is 0 Å². The summed E-state index contributed by atoms with van der Waals surface area (Å²) in [6, 6.07) is 13.9. The van der Waals surface area contributed by atoms with E-state index in [0.29, 0.717) is 5.69 Å². The Morgan fingerprint density at radius 1 is 1.20 bits per heavy atom. The number of non-ortho nitro benzene ring substituents is 1. The van der Waals surface area contributed by atoms with Crippen LogP contribution < -0.4 is 10.2 Å². The van der Waals surface area contributed by atoms with Crippen LogP contribution in [0.3, 0.4) is 0 Å². The number of nitriles is 1. The number of nitro groups is 1. The molecule has 1 saturated heterocycles. The second-order valence-electron chi connectivity index (χ2n) is 5.99. The van der Waals surface area contributed by atoms with Crippen molar-refractivity contribution in [1.82, 2.24) is 0 Å². The molecule has 1 fully saturated rings. The van der Waals surface area contributed by atoms with Gasteiger partial charge in [0.15, 0.2) is 0 Å². The monoisotopic (exact) mass is 338 g/mol. The summed E-state index contributed by atoms with van der Waals surface area (Å²) in [7, 11) is 0. The molecule has 1 aliphatic rings. The molecule has 25 heavy (non-hydrogen) atoms. The van der Waals surface area contributed by atoms with Gasteiger partial charge in [-0.2, -0.15) is 5.26 Å². The van der Waals surface area contributed by atoms with Crippen LogP contribution in [0.4, 0.5) is 22.7 Å². The third-order valence-electron chi connectivity index (χ3n) is 4.31. The Morgan fingerprint density at radius 3 is 2.48 bits per heavy atom. The normalized spacial score (nSPS) is 14.8. The summed E-state index contributed by atoms with van der Waals surface area (Å²) in [6.07, 6.45) is 1.34. The molecule has 0 amide bonds. The van der Waals surface area contributed by atoms with E-state index < -0.39 is 4.92 Å². The van der Waals surface area contributed by atoms with Gasteiger partial charge in [-0.25, -0.2) is 0 Å². The predicted octanol–water partition coefficient (Wildman–Crippen LogP) is 3.17. The van der Waals surface area contributed by atoms with Crippen LogP contribution in [0.2, 0.25) is 0 Å². The molecule has 0 aromatic heterocycles. The second kappa shape index (κ2) is 7.20. The lowest BCUT2D eigenvalue weighted by Crippen LogP contribution is -2.35. The summed E-state index contributed by atoms with van der Waals surface area (Å²) < 4.78 is 0. The van der Waals surface area contributed by atoms with E-state index in [1.165, 1.54) is 18.2 Å². The quantitative estimate of drug-likeness (QED) is 0.656. The fraction of sp³-hybridized carbons (Fsp3) is 0.278. The molecule has 0 radical (unpaired) electrons. The molecule has 7 nitrogen and oxygen atoms in total. The van der Waals surface area contributed by atoms with Crippen molar-refractivity contribution in [2.45, 2.75) is 18.9 Å². The van der Waals surface area contributed by atoms with Gasteiger partial charge in [-0.1, -0.05) is 0 Å². The first kappa shape index (κ1) is 16.7. The second-order valence-corrected chi connectivity index (χ2v) is 5.99. The number of nitro benzene ring substituents is 1. The van der Waals surface area contributed by atoms with Crippen LogP contribution in [0.5, 0.6) is 0 Å². The first-order valence-corrected chi connectivity index (χ1v) is 8.05. The molecule has 0 bridgehead atoms. The maximum Gasteiger partial charge on any atom is 0.270 e. The van der Waals surface area contributed by atoms with Crippen molar-refractivity contribution in [1.29, 1.82) is 5.26 Å². The number of aliphatic hydroxyl groups excluding tert-OH is 1. The Bertz CT molecular complexity index is 806.